The third-order valence-corrected chi connectivity index (χ3v) is 4.52. The summed E-state index contributed by atoms with van der Waals surface area (Å²) < 4.78 is 1.12. The fourth-order valence-electron chi connectivity index (χ4n) is 2.91. The summed E-state index contributed by atoms with van der Waals surface area (Å²) in [6.45, 7) is 2.70. The molecule has 0 saturated carbocycles. The molecular formula is C17H19BrN2. The maximum atomic E-state index is 5.89. The van der Waals surface area contributed by atoms with Crippen molar-refractivity contribution in [2.24, 2.45) is 5.73 Å². The minimum absolute atomic E-state index is 0.589. The molecule has 1 aliphatic heterocycles. The van der Waals surface area contributed by atoms with Gasteiger partial charge in [-0.05, 0) is 41.7 Å². The van der Waals surface area contributed by atoms with Gasteiger partial charge in [-0.3, -0.25) is 0 Å². The van der Waals surface area contributed by atoms with E-state index in [-0.39, 0.29) is 0 Å². The predicted octanol–water partition coefficient (Wildman–Crippen LogP) is 3.51. The maximum absolute atomic E-state index is 5.89. The van der Waals surface area contributed by atoms with Gasteiger partial charge in [0.2, 0.25) is 0 Å². The highest BCUT2D eigenvalue weighted by molar-refractivity contribution is 9.10. The quantitative estimate of drug-likeness (QED) is 0.912. The Hall–Kier alpha value is -1.32. The average Bonchev–Trinajstić information content (AvgIpc) is 2.70. The van der Waals surface area contributed by atoms with Crippen molar-refractivity contribution in [3.8, 4) is 0 Å². The van der Waals surface area contributed by atoms with E-state index >= 15 is 0 Å². The Labute approximate surface area is 128 Å². The van der Waals surface area contributed by atoms with Gasteiger partial charge in [0.1, 0.15) is 0 Å². The smallest absolute Gasteiger partial charge is 0.0423 e. The van der Waals surface area contributed by atoms with Crippen molar-refractivity contribution >= 4 is 21.6 Å². The topological polar surface area (TPSA) is 29.3 Å². The standard InChI is InChI=1S/C17H19BrN2/c18-16-6-5-15(12-19)17(11-16)20-9-7-13-3-1-2-4-14(13)8-10-20/h1-6,11H,7-10,12,19H2. The van der Waals surface area contributed by atoms with E-state index in [9.17, 15) is 0 Å². The van der Waals surface area contributed by atoms with Gasteiger partial charge in [0, 0.05) is 29.8 Å². The Balaban J connectivity index is 1.88. The lowest BCUT2D eigenvalue weighted by Crippen LogP contribution is -2.27. The number of halogens is 1. The highest BCUT2D eigenvalue weighted by Crippen LogP contribution is 2.27. The van der Waals surface area contributed by atoms with Crippen LogP contribution in [0.1, 0.15) is 16.7 Å². The Morgan fingerprint density at radius 1 is 1.00 bits per heavy atom. The fraction of sp³-hybridized carbons (Fsp3) is 0.294. The van der Waals surface area contributed by atoms with Crippen molar-refractivity contribution in [1.29, 1.82) is 0 Å². The molecule has 0 bridgehead atoms. The molecule has 2 aromatic rings. The fourth-order valence-corrected chi connectivity index (χ4v) is 3.26. The van der Waals surface area contributed by atoms with E-state index in [0.717, 1.165) is 30.4 Å². The van der Waals surface area contributed by atoms with Gasteiger partial charge in [-0.15, -0.1) is 0 Å². The molecule has 0 spiro atoms. The van der Waals surface area contributed by atoms with Gasteiger partial charge in [0.15, 0.2) is 0 Å². The molecule has 0 aliphatic carbocycles. The van der Waals surface area contributed by atoms with Crippen LogP contribution in [0.4, 0.5) is 5.69 Å². The van der Waals surface area contributed by atoms with Crippen molar-refractivity contribution in [1.82, 2.24) is 0 Å². The summed E-state index contributed by atoms with van der Waals surface area (Å²) in [6, 6.07) is 15.2. The van der Waals surface area contributed by atoms with Gasteiger partial charge in [0.25, 0.3) is 0 Å². The molecule has 0 unspecified atom stereocenters. The molecule has 0 radical (unpaired) electrons. The molecule has 0 saturated heterocycles. The number of nitrogens with zero attached hydrogens (tertiary/aromatic N) is 1. The molecule has 0 atom stereocenters. The second-order valence-corrected chi connectivity index (χ2v) is 6.15. The lowest BCUT2D eigenvalue weighted by molar-refractivity contribution is 0.797. The van der Waals surface area contributed by atoms with E-state index < -0.39 is 0 Å². The van der Waals surface area contributed by atoms with E-state index in [1.54, 1.807) is 0 Å². The van der Waals surface area contributed by atoms with Gasteiger partial charge in [0.05, 0.1) is 0 Å². The normalized spacial score (nSPS) is 14.8. The molecular weight excluding hydrogens is 312 g/mol. The zero-order valence-electron chi connectivity index (χ0n) is 11.5. The summed E-state index contributed by atoms with van der Waals surface area (Å²) in [5, 5.41) is 0. The largest absolute Gasteiger partial charge is 0.371 e. The number of nitrogens with two attached hydrogens (primary N) is 1. The molecule has 20 heavy (non-hydrogen) atoms. The summed E-state index contributed by atoms with van der Waals surface area (Å²) >= 11 is 3.57. The van der Waals surface area contributed by atoms with Crippen LogP contribution in [0.15, 0.2) is 46.9 Å². The summed E-state index contributed by atoms with van der Waals surface area (Å²) in [5.41, 5.74) is 11.4. The molecule has 1 heterocycles. The van der Waals surface area contributed by atoms with Crippen LogP contribution in [0.2, 0.25) is 0 Å². The van der Waals surface area contributed by atoms with Gasteiger partial charge in [-0.1, -0.05) is 46.3 Å². The molecule has 0 amide bonds. The number of fused-ring (bicyclic) bond motifs is 1. The highest BCUT2D eigenvalue weighted by Gasteiger charge is 2.16. The molecule has 0 aromatic heterocycles. The van der Waals surface area contributed by atoms with Crippen LogP contribution in [0.3, 0.4) is 0 Å². The Bertz CT molecular complexity index is 583. The highest BCUT2D eigenvalue weighted by atomic mass is 79.9. The van der Waals surface area contributed by atoms with E-state index in [1.807, 2.05) is 0 Å². The van der Waals surface area contributed by atoms with Crippen molar-refractivity contribution in [3.63, 3.8) is 0 Å². The summed E-state index contributed by atoms with van der Waals surface area (Å²) in [6.07, 6.45) is 2.21. The predicted molar refractivity (Wildman–Crippen MR) is 88.1 cm³/mol. The Morgan fingerprint density at radius 3 is 2.25 bits per heavy atom. The summed E-state index contributed by atoms with van der Waals surface area (Å²) in [5.74, 6) is 0. The molecule has 1 aliphatic rings. The monoisotopic (exact) mass is 330 g/mol. The second kappa shape index (κ2) is 5.98. The molecule has 2 nitrogen and oxygen atoms in total. The number of anilines is 1. The van der Waals surface area contributed by atoms with Crippen LogP contribution >= 0.6 is 15.9 Å². The first-order chi connectivity index (χ1) is 9.78. The molecule has 0 fully saturated rings. The van der Waals surface area contributed by atoms with Crippen LogP contribution in [-0.2, 0) is 19.4 Å². The van der Waals surface area contributed by atoms with Crippen molar-refractivity contribution in [2.45, 2.75) is 19.4 Å². The van der Waals surface area contributed by atoms with E-state index in [0.29, 0.717) is 6.54 Å². The summed E-state index contributed by atoms with van der Waals surface area (Å²) in [4.78, 5) is 2.47. The molecule has 2 aromatic carbocycles. The van der Waals surface area contributed by atoms with E-state index in [2.05, 4.69) is 63.3 Å². The van der Waals surface area contributed by atoms with Crippen LogP contribution < -0.4 is 10.6 Å². The lowest BCUT2D eigenvalue weighted by Gasteiger charge is -2.25. The van der Waals surface area contributed by atoms with Crippen LogP contribution in [0.25, 0.3) is 0 Å². The SMILES string of the molecule is NCc1ccc(Br)cc1N1CCc2ccccc2CC1. The first-order valence-corrected chi connectivity index (χ1v) is 7.87. The first kappa shape index (κ1) is 13.7. The zero-order chi connectivity index (χ0) is 13.9. The van der Waals surface area contributed by atoms with Crippen LogP contribution in [0, 0.1) is 0 Å². The minimum Gasteiger partial charge on any atom is -0.371 e. The van der Waals surface area contributed by atoms with Gasteiger partial charge in [-0.2, -0.15) is 0 Å². The Morgan fingerprint density at radius 2 is 1.65 bits per heavy atom. The zero-order valence-corrected chi connectivity index (χ0v) is 13.1. The first-order valence-electron chi connectivity index (χ1n) is 7.08. The third kappa shape index (κ3) is 2.74. The molecule has 2 N–H and O–H groups in total. The summed E-state index contributed by atoms with van der Waals surface area (Å²) in [7, 11) is 0. The number of hydrogen-bond acceptors (Lipinski definition) is 2. The molecule has 104 valence electrons. The maximum Gasteiger partial charge on any atom is 0.0423 e. The van der Waals surface area contributed by atoms with Crippen molar-refractivity contribution in [3.05, 3.63) is 63.6 Å². The number of hydrogen-bond donors (Lipinski definition) is 1. The van der Waals surface area contributed by atoms with Crippen LogP contribution in [0.5, 0.6) is 0 Å². The third-order valence-electron chi connectivity index (χ3n) is 4.03. The van der Waals surface area contributed by atoms with E-state index in [4.69, 9.17) is 5.73 Å². The van der Waals surface area contributed by atoms with Gasteiger partial charge in [-0.25, -0.2) is 0 Å². The van der Waals surface area contributed by atoms with Crippen molar-refractivity contribution < 1.29 is 0 Å². The second-order valence-electron chi connectivity index (χ2n) is 5.23. The number of rotatable bonds is 2. The average molecular weight is 331 g/mol. The van der Waals surface area contributed by atoms with E-state index in [1.165, 1.54) is 22.4 Å². The number of benzene rings is 2. The van der Waals surface area contributed by atoms with Crippen LogP contribution in [-0.4, -0.2) is 13.1 Å². The molecule has 3 rings (SSSR count). The van der Waals surface area contributed by atoms with Crippen molar-refractivity contribution in [2.75, 3.05) is 18.0 Å². The Kier molecular flexibility index (Phi) is 4.08. The molecule has 3 heteroatoms. The lowest BCUT2D eigenvalue weighted by atomic mass is 10.0. The van der Waals surface area contributed by atoms with Gasteiger partial charge >= 0.3 is 0 Å². The minimum atomic E-state index is 0.589. The van der Waals surface area contributed by atoms with Gasteiger partial charge < -0.3 is 10.6 Å².